The Bertz CT molecular complexity index is 391. The number of aryl methyl sites for hydroxylation is 1. The number of amides is 1. The molecule has 1 atom stereocenters. The van der Waals surface area contributed by atoms with Gasteiger partial charge in [-0.2, -0.15) is 0 Å². The Balaban J connectivity index is 2.29. The van der Waals surface area contributed by atoms with Gasteiger partial charge in [0, 0.05) is 23.5 Å². The van der Waals surface area contributed by atoms with Crippen molar-refractivity contribution in [3.05, 3.63) is 29.8 Å². The predicted octanol–water partition coefficient (Wildman–Crippen LogP) is 3.14. The first-order valence-corrected chi connectivity index (χ1v) is 6.66. The van der Waals surface area contributed by atoms with Gasteiger partial charge in [-0.1, -0.05) is 47.5 Å². The van der Waals surface area contributed by atoms with Crippen LogP contribution in [0.15, 0.2) is 24.3 Å². The molecule has 16 heavy (non-hydrogen) atoms. The van der Waals surface area contributed by atoms with E-state index in [1.165, 1.54) is 5.56 Å². The molecule has 0 radical (unpaired) electrons. The van der Waals surface area contributed by atoms with Crippen molar-refractivity contribution in [3.8, 4) is 0 Å². The van der Waals surface area contributed by atoms with Gasteiger partial charge in [-0.25, -0.2) is 0 Å². The Morgan fingerprint density at radius 3 is 2.81 bits per heavy atom. The van der Waals surface area contributed by atoms with Crippen LogP contribution >= 0.6 is 15.9 Å². The van der Waals surface area contributed by atoms with E-state index in [0.717, 1.165) is 25.1 Å². The number of carbonyl (C=O) groups is 1. The fourth-order valence-corrected chi connectivity index (χ4v) is 2.72. The van der Waals surface area contributed by atoms with Gasteiger partial charge in [0.15, 0.2) is 0 Å². The second kappa shape index (κ2) is 5.00. The summed E-state index contributed by atoms with van der Waals surface area (Å²) < 4.78 is 0. The van der Waals surface area contributed by atoms with Gasteiger partial charge in [0.05, 0.1) is 0 Å². The third kappa shape index (κ3) is 2.29. The van der Waals surface area contributed by atoms with Crippen molar-refractivity contribution in [1.29, 1.82) is 0 Å². The minimum atomic E-state index is 0.227. The van der Waals surface area contributed by atoms with Crippen LogP contribution < -0.4 is 4.90 Å². The number of benzene rings is 1. The van der Waals surface area contributed by atoms with Crippen LogP contribution in [0.1, 0.15) is 25.3 Å². The number of para-hydroxylation sites is 1. The van der Waals surface area contributed by atoms with Gasteiger partial charge in [-0.3, -0.25) is 4.79 Å². The average molecular weight is 282 g/mol. The van der Waals surface area contributed by atoms with E-state index in [-0.39, 0.29) is 5.91 Å². The molecule has 1 aliphatic rings. The van der Waals surface area contributed by atoms with Crippen molar-refractivity contribution >= 4 is 27.5 Å². The van der Waals surface area contributed by atoms with Gasteiger partial charge < -0.3 is 4.90 Å². The zero-order chi connectivity index (χ0) is 11.5. The van der Waals surface area contributed by atoms with Gasteiger partial charge in [-0.15, -0.1) is 0 Å². The van der Waals surface area contributed by atoms with Crippen molar-refractivity contribution in [2.45, 2.75) is 31.0 Å². The van der Waals surface area contributed by atoms with E-state index in [4.69, 9.17) is 0 Å². The van der Waals surface area contributed by atoms with Crippen LogP contribution in [0.2, 0.25) is 0 Å². The second-order valence-electron chi connectivity index (χ2n) is 4.18. The standard InChI is InChI=1S/C13H16BrNO/c1-2-5-10-6-3-4-7-12(10)15-9-11(14)8-13(15)16/h3-4,6-7,11H,2,5,8-9H2,1H3. The molecule has 0 aromatic heterocycles. The van der Waals surface area contributed by atoms with Crippen LogP contribution in [0.5, 0.6) is 0 Å². The third-order valence-electron chi connectivity index (χ3n) is 2.88. The molecule has 1 amide bonds. The molecule has 1 unspecified atom stereocenters. The number of nitrogens with zero attached hydrogens (tertiary/aromatic N) is 1. The van der Waals surface area contributed by atoms with Crippen LogP contribution in [-0.2, 0) is 11.2 Å². The molecule has 0 saturated carbocycles. The fraction of sp³-hybridized carbons (Fsp3) is 0.462. The molecular formula is C13H16BrNO. The van der Waals surface area contributed by atoms with E-state index in [0.29, 0.717) is 11.2 Å². The SMILES string of the molecule is CCCc1ccccc1N1CC(Br)CC1=O. The molecule has 2 nitrogen and oxygen atoms in total. The summed E-state index contributed by atoms with van der Waals surface area (Å²) in [5, 5.41) is 0. The quantitative estimate of drug-likeness (QED) is 0.780. The Morgan fingerprint density at radius 2 is 2.19 bits per heavy atom. The molecule has 2 rings (SSSR count). The highest BCUT2D eigenvalue weighted by atomic mass is 79.9. The lowest BCUT2D eigenvalue weighted by atomic mass is 10.1. The first-order chi connectivity index (χ1) is 7.72. The van der Waals surface area contributed by atoms with Gasteiger partial charge in [0.25, 0.3) is 0 Å². The fourth-order valence-electron chi connectivity index (χ4n) is 2.15. The third-order valence-corrected chi connectivity index (χ3v) is 3.49. The molecule has 0 N–H and O–H groups in total. The second-order valence-corrected chi connectivity index (χ2v) is 5.48. The number of halogens is 1. The summed E-state index contributed by atoms with van der Waals surface area (Å²) in [6, 6.07) is 8.21. The molecule has 1 saturated heterocycles. The highest BCUT2D eigenvalue weighted by molar-refractivity contribution is 9.09. The number of rotatable bonds is 3. The zero-order valence-electron chi connectivity index (χ0n) is 9.45. The topological polar surface area (TPSA) is 20.3 Å². The van der Waals surface area contributed by atoms with Crippen molar-refractivity contribution in [2.75, 3.05) is 11.4 Å². The summed E-state index contributed by atoms with van der Waals surface area (Å²) in [7, 11) is 0. The van der Waals surface area contributed by atoms with E-state index in [1.54, 1.807) is 0 Å². The van der Waals surface area contributed by atoms with Crippen molar-refractivity contribution in [1.82, 2.24) is 0 Å². The molecule has 0 bridgehead atoms. The first-order valence-electron chi connectivity index (χ1n) is 5.74. The summed E-state index contributed by atoms with van der Waals surface area (Å²) in [6.45, 7) is 2.95. The normalized spacial score (nSPS) is 20.5. The maximum Gasteiger partial charge on any atom is 0.228 e. The molecule has 1 fully saturated rings. The maximum absolute atomic E-state index is 11.8. The Morgan fingerprint density at radius 1 is 1.44 bits per heavy atom. The van der Waals surface area contributed by atoms with E-state index >= 15 is 0 Å². The van der Waals surface area contributed by atoms with Crippen molar-refractivity contribution in [2.24, 2.45) is 0 Å². The van der Waals surface area contributed by atoms with Gasteiger partial charge in [0.1, 0.15) is 0 Å². The Kier molecular flexibility index (Phi) is 3.64. The van der Waals surface area contributed by atoms with E-state index in [2.05, 4.69) is 28.9 Å². The van der Waals surface area contributed by atoms with Crippen LogP contribution in [0.4, 0.5) is 5.69 Å². The Hall–Kier alpha value is -0.830. The minimum Gasteiger partial charge on any atom is -0.311 e. The highest BCUT2D eigenvalue weighted by Gasteiger charge is 2.29. The van der Waals surface area contributed by atoms with E-state index < -0.39 is 0 Å². The summed E-state index contributed by atoms with van der Waals surface area (Å²) in [5.41, 5.74) is 2.37. The molecule has 0 spiro atoms. The van der Waals surface area contributed by atoms with E-state index in [1.807, 2.05) is 23.1 Å². The van der Waals surface area contributed by atoms with E-state index in [9.17, 15) is 4.79 Å². The number of anilines is 1. The van der Waals surface area contributed by atoms with Crippen LogP contribution in [-0.4, -0.2) is 17.3 Å². The first kappa shape index (κ1) is 11.6. The largest absolute Gasteiger partial charge is 0.311 e. The summed E-state index contributed by atoms with van der Waals surface area (Å²) >= 11 is 3.52. The number of carbonyl (C=O) groups excluding carboxylic acids is 1. The van der Waals surface area contributed by atoms with Crippen LogP contribution in [0.25, 0.3) is 0 Å². The zero-order valence-corrected chi connectivity index (χ0v) is 11.0. The Labute approximate surface area is 105 Å². The number of alkyl halides is 1. The van der Waals surface area contributed by atoms with Crippen LogP contribution in [0.3, 0.4) is 0 Å². The minimum absolute atomic E-state index is 0.227. The summed E-state index contributed by atoms with van der Waals surface area (Å²) in [5.74, 6) is 0.227. The van der Waals surface area contributed by atoms with Gasteiger partial charge in [-0.05, 0) is 18.1 Å². The maximum atomic E-state index is 11.8. The van der Waals surface area contributed by atoms with Crippen molar-refractivity contribution in [3.63, 3.8) is 0 Å². The monoisotopic (exact) mass is 281 g/mol. The lowest BCUT2D eigenvalue weighted by molar-refractivity contribution is -0.117. The molecular weight excluding hydrogens is 266 g/mol. The highest BCUT2D eigenvalue weighted by Crippen LogP contribution is 2.28. The summed E-state index contributed by atoms with van der Waals surface area (Å²) in [6.07, 6.45) is 2.75. The molecule has 1 heterocycles. The predicted molar refractivity (Wildman–Crippen MR) is 70.1 cm³/mol. The molecule has 3 heteroatoms. The molecule has 1 aromatic carbocycles. The van der Waals surface area contributed by atoms with Gasteiger partial charge >= 0.3 is 0 Å². The number of hydrogen-bond donors (Lipinski definition) is 0. The molecule has 1 aliphatic heterocycles. The molecule has 1 aromatic rings. The summed E-state index contributed by atoms with van der Waals surface area (Å²) in [4.78, 5) is 14.0. The van der Waals surface area contributed by atoms with Crippen molar-refractivity contribution < 1.29 is 4.79 Å². The smallest absolute Gasteiger partial charge is 0.228 e. The number of hydrogen-bond acceptors (Lipinski definition) is 1. The molecule has 86 valence electrons. The average Bonchev–Trinajstić information content (AvgIpc) is 2.59. The van der Waals surface area contributed by atoms with Gasteiger partial charge in [0.2, 0.25) is 5.91 Å². The molecule has 0 aliphatic carbocycles. The lowest BCUT2D eigenvalue weighted by Crippen LogP contribution is -2.25. The lowest BCUT2D eigenvalue weighted by Gasteiger charge is -2.19. The van der Waals surface area contributed by atoms with Crippen LogP contribution in [0, 0.1) is 0 Å².